The van der Waals surface area contributed by atoms with Gasteiger partial charge in [0.2, 0.25) is 0 Å². The number of hydrogen-bond acceptors (Lipinski definition) is 5. The summed E-state index contributed by atoms with van der Waals surface area (Å²) in [5, 5.41) is 21.1. The second-order valence-electron chi connectivity index (χ2n) is 9.14. The molecule has 0 bridgehead atoms. The van der Waals surface area contributed by atoms with Crippen LogP contribution in [0.15, 0.2) is 16.9 Å². The molecule has 2 fully saturated rings. The van der Waals surface area contributed by atoms with Crippen LogP contribution in [-0.4, -0.2) is 23.8 Å². The van der Waals surface area contributed by atoms with Gasteiger partial charge < -0.3 is 14.3 Å². The molecule has 1 aromatic heterocycles. The van der Waals surface area contributed by atoms with Gasteiger partial charge in [-0.15, -0.1) is 0 Å². The lowest BCUT2D eigenvalue weighted by Crippen LogP contribution is -2.63. The first kappa shape index (κ1) is 18.6. The molecule has 5 nitrogen and oxygen atoms in total. The highest BCUT2D eigenvalue weighted by molar-refractivity contribution is 5.78. The molecule has 3 aliphatic carbocycles. The number of nitriles is 1. The van der Waals surface area contributed by atoms with Gasteiger partial charge >= 0.3 is 5.97 Å². The van der Waals surface area contributed by atoms with Gasteiger partial charge in [-0.2, -0.15) is 5.26 Å². The first-order valence-electron chi connectivity index (χ1n) is 10.2. The average Bonchev–Trinajstić information content (AvgIpc) is 3.14. The Morgan fingerprint density at radius 1 is 1.30 bits per heavy atom. The topological polar surface area (TPSA) is 83.5 Å². The van der Waals surface area contributed by atoms with E-state index in [0.29, 0.717) is 19.4 Å². The highest BCUT2D eigenvalue weighted by Crippen LogP contribution is 2.67. The lowest BCUT2D eigenvalue weighted by Gasteiger charge is -2.63. The number of aryl methyl sites for hydroxylation is 1. The normalized spacial score (nSPS) is 43.0. The van der Waals surface area contributed by atoms with E-state index in [1.54, 1.807) is 19.5 Å². The first-order chi connectivity index (χ1) is 12.8. The Kier molecular flexibility index (Phi) is 4.19. The van der Waals surface area contributed by atoms with Crippen molar-refractivity contribution in [1.82, 2.24) is 0 Å². The number of hydrogen-bond donors (Lipinski definition) is 1. The molecule has 0 saturated heterocycles. The van der Waals surface area contributed by atoms with E-state index in [1.165, 1.54) is 0 Å². The Morgan fingerprint density at radius 3 is 2.78 bits per heavy atom. The highest BCUT2D eigenvalue weighted by Gasteiger charge is 2.67. The standard InChI is InChI=1S/C22H29NO4/c1-4-27-19(25)21(3)16-7-10-22(13-23)15-12-26-11-14(15)5-6-17(22)20(16,2)9-8-18(21)24/h11-12,16-18,24H,4-10H2,1-3H3/t16-,17-,18+,20+,21-,22-/m1/s1. The van der Waals surface area contributed by atoms with Crippen LogP contribution in [0.25, 0.3) is 0 Å². The van der Waals surface area contributed by atoms with Gasteiger partial charge in [0, 0.05) is 5.56 Å². The van der Waals surface area contributed by atoms with E-state index in [0.717, 1.165) is 36.8 Å². The van der Waals surface area contributed by atoms with Gasteiger partial charge in [-0.1, -0.05) is 6.92 Å². The van der Waals surface area contributed by atoms with Crippen molar-refractivity contribution < 1.29 is 19.1 Å². The van der Waals surface area contributed by atoms with Crippen LogP contribution in [0, 0.1) is 34.0 Å². The fourth-order valence-corrected chi connectivity index (χ4v) is 6.86. The van der Waals surface area contributed by atoms with Crippen LogP contribution in [0.4, 0.5) is 0 Å². The van der Waals surface area contributed by atoms with Gasteiger partial charge in [0.25, 0.3) is 0 Å². The van der Waals surface area contributed by atoms with Gasteiger partial charge in [-0.3, -0.25) is 4.79 Å². The maximum Gasteiger partial charge on any atom is 0.314 e. The molecule has 0 aliphatic heterocycles. The minimum absolute atomic E-state index is 0.00715. The van der Waals surface area contributed by atoms with Crippen molar-refractivity contribution in [2.24, 2.45) is 22.7 Å². The molecule has 1 heterocycles. The van der Waals surface area contributed by atoms with Crippen molar-refractivity contribution in [2.45, 2.75) is 70.8 Å². The number of aliphatic hydroxyl groups excluding tert-OH is 1. The van der Waals surface area contributed by atoms with Crippen LogP contribution in [0.2, 0.25) is 0 Å². The van der Waals surface area contributed by atoms with E-state index in [2.05, 4.69) is 13.0 Å². The third-order valence-corrected chi connectivity index (χ3v) is 8.23. The SMILES string of the molecule is CCOC(=O)[C@]1(C)[C@@H]2CC[C@@]3(C#N)c4cocc4CC[C@@H]3[C@@]2(C)CC[C@@H]1O. The van der Waals surface area contributed by atoms with E-state index >= 15 is 0 Å². The first-order valence-corrected chi connectivity index (χ1v) is 10.2. The summed E-state index contributed by atoms with van der Waals surface area (Å²) < 4.78 is 10.9. The number of nitrogens with zero attached hydrogens (tertiary/aromatic N) is 1. The Bertz CT molecular complexity index is 794. The molecular formula is C22H29NO4. The van der Waals surface area contributed by atoms with E-state index in [1.807, 2.05) is 6.92 Å². The zero-order chi connectivity index (χ0) is 19.4. The maximum atomic E-state index is 12.9. The number of rotatable bonds is 2. The van der Waals surface area contributed by atoms with E-state index in [9.17, 15) is 15.2 Å². The van der Waals surface area contributed by atoms with Crippen molar-refractivity contribution in [1.29, 1.82) is 5.26 Å². The van der Waals surface area contributed by atoms with Crippen molar-refractivity contribution in [3.8, 4) is 6.07 Å². The molecule has 1 aromatic rings. The average molecular weight is 371 g/mol. The number of carbonyl (C=O) groups excluding carboxylic acids is 1. The smallest absolute Gasteiger partial charge is 0.314 e. The molecule has 0 unspecified atom stereocenters. The van der Waals surface area contributed by atoms with Crippen molar-refractivity contribution >= 4 is 5.97 Å². The predicted molar refractivity (Wildman–Crippen MR) is 98.6 cm³/mol. The monoisotopic (exact) mass is 371 g/mol. The highest BCUT2D eigenvalue weighted by atomic mass is 16.5. The lowest BCUT2D eigenvalue weighted by atomic mass is 9.40. The van der Waals surface area contributed by atoms with E-state index < -0.39 is 16.9 Å². The summed E-state index contributed by atoms with van der Waals surface area (Å²) in [7, 11) is 0. The number of carbonyl (C=O) groups is 1. The Labute approximate surface area is 160 Å². The fraction of sp³-hybridized carbons (Fsp3) is 0.727. The van der Waals surface area contributed by atoms with Crippen LogP contribution in [0.3, 0.4) is 0 Å². The Balaban J connectivity index is 1.80. The molecule has 0 spiro atoms. The van der Waals surface area contributed by atoms with Crippen molar-refractivity contribution in [3.05, 3.63) is 23.7 Å². The summed E-state index contributed by atoms with van der Waals surface area (Å²) in [4.78, 5) is 12.9. The summed E-state index contributed by atoms with van der Waals surface area (Å²) in [5.74, 6) is -0.134. The molecule has 1 N–H and O–H groups in total. The van der Waals surface area contributed by atoms with E-state index in [-0.39, 0.29) is 23.2 Å². The van der Waals surface area contributed by atoms with Crippen LogP contribution >= 0.6 is 0 Å². The molecule has 5 heteroatoms. The van der Waals surface area contributed by atoms with Crippen LogP contribution in [0.1, 0.15) is 64.0 Å². The lowest BCUT2D eigenvalue weighted by molar-refractivity contribution is -0.197. The van der Waals surface area contributed by atoms with Crippen LogP contribution < -0.4 is 0 Å². The zero-order valence-electron chi connectivity index (χ0n) is 16.5. The molecule has 0 radical (unpaired) electrons. The van der Waals surface area contributed by atoms with Crippen LogP contribution in [0.5, 0.6) is 0 Å². The summed E-state index contributed by atoms with van der Waals surface area (Å²) in [6.45, 7) is 6.23. The van der Waals surface area contributed by atoms with Gasteiger partial charge in [-0.05, 0) is 75.2 Å². The van der Waals surface area contributed by atoms with Crippen molar-refractivity contribution in [2.75, 3.05) is 6.61 Å². The fourth-order valence-electron chi connectivity index (χ4n) is 6.86. The van der Waals surface area contributed by atoms with Gasteiger partial charge in [0.1, 0.15) is 0 Å². The molecule has 4 rings (SSSR count). The number of aliphatic hydroxyl groups is 1. The minimum atomic E-state index is -0.915. The molecule has 2 saturated carbocycles. The summed E-state index contributed by atoms with van der Waals surface area (Å²) >= 11 is 0. The van der Waals surface area contributed by atoms with E-state index in [4.69, 9.17) is 9.15 Å². The molecule has 0 aromatic carbocycles. The molecule has 6 atom stereocenters. The molecule has 27 heavy (non-hydrogen) atoms. The van der Waals surface area contributed by atoms with Crippen LogP contribution in [-0.2, 0) is 21.4 Å². The van der Waals surface area contributed by atoms with Crippen molar-refractivity contribution in [3.63, 3.8) is 0 Å². The summed E-state index contributed by atoms with van der Waals surface area (Å²) in [5.41, 5.74) is 0.540. The quantitative estimate of drug-likeness (QED) is 0.801. The Morgan fingerprint density at radius 2 is 2.07 bits per heavy atom. The molecule has 3 aliphatic rings. The summed E-state index contributed by atoms with van der Waals surface area (Å²) in [6.07, 6.45) is 7.50. The van der Waals surface area contributed by atoms with Gasteiger partial charge in [0.05, 0.1) is 42.1 Å². The number of esters is 1. The predicted octanol–water partition coefficient (Wildman–Crippen LogP) is 3.74. The maximum absolute atomic E-state index is 12.9. The number of fused-ring (bicyclic) bond motifs is 5. The molecule has 0 amide bonds. The van der Waals surface area contributed by atoms with Gasteiger partial charge in [-0.25, -0.2) is 0 Å². The number of furan rings is 1. The zero-order valence-corrected chi connectivity index (χ0v) is 16.5. The second-order valence-corrected chi connectivity index (χ2v) is 9.14. The molecular weight excluding hydrogens is 342 g/mol. The largest absolute Gasteiger partial charge is 0.472 e. The minimum Gasteiger partial charge on any atom is -0.472 e. The van der Waals surface area contributed by atoms with Gasteiger partial charge in [0.15, 0.2) is 0 Å². The Hall–Kier alpha value is -1.80. The third kappa shape index (κ3) is 2.23. The molecule has 146 valence electrons. The summed E-state index contributed by atoms with van der Waals surface area (Å²) in [6, 6.07) is 2.67. The number of ether oxygens (including phenoxy) is 1. The second kappa shape index (κ2) is 6.10. The third-order valence-electron chi connectivity index (χ3n) is 8.23.